The maximum absolute atomic E-state index is 12.4. The van der Waals surface area contributed by atoms with Crippen molar-refractivity contribution in [3.63, 3.8) is 0 Å². The monoisotopic (exact) mass is 274 g/mol. The van der Waals surface area contributed by atoms with Crippen LogP contribution in [0.1, 0.15) is 36.0 Å². The highest BCUT2D eigenvalue weighted by Gasteiger charge is 2.28. The standard InChI is InChI=1S/C16H22N2O2/c19-15-8-4-3-7-14(15)16(20)18-11-9-17(10-12-18)13-5-1-2-6-13/h3-4,7-8,13,19H,1-2,5-6,9-12H2. The van der Waals surface area contributed by atoms with E-state index >= 15 is 0 Å². The molecule has 1 aromatic rings. The first-order chi connectivity index (χ1) is 9.75. The molecule has 4 heteroatoms. The van der Waals surface area contributed by atoms with E-state index in [2.05, 4.69) is 4.90 Å². The Bertz CT molecular complexity index is 475. The molecule has 1 N–H and O–H groups in total. The molecule has 1 amide bonds. The zero-order valence-corrected chi connectivity index (χ0v) is 11.8. The third-order valence-electron chi connectivity index (χ3n) is 4.58. The van der Waals surface area contributed by atoms with Gasteiger partial charge in [-0.15, -0.1) is 0 Å². The van der Waals surface area contributed by atoms with E-state index in [1.165, 1.54) is 25.7 Å². The molecule has 0 atom stereocenters. The van der Waals surface area contributed by atoms with Crippen LogP contribution in [0.3, 0.4) is 0 Å². The molecule has 1 saturated heterocycles. The fourth-order valence-electron chi connectivity index (χ4n) is 3.38. The normalized spacial score (nSPS) is 21.3. The molecule has 1 aliphatic heterocycles. The number of carbonyl (C=O) groups is 1. The molecule has 1 aliphatic carbocycles. The highest BCUT2D eigenvalue weighted by Crippen LogP contribution is 2.25. The number of hydrogen-bond acceptors (Lipinski definition) is 3. The van der Waals surface area contributed by atoms with Gasteiger partial charge < -0.3 is 10.0 Å². The van der Waals surface area contributed by atoms with Gasteiger partial charge >= 0.3 is 0 Å². The summed E-state index contributed by atoms with van der Waals surface area (Å²) in [6.45, 7) is 3.46. The van der Waals surface area contributed by atoms with Gasteiger partial charge in [0.1, 0.15) is 5.75 Å². The lowest BCUT2D eigenvalue weighted by Crippen LogP contribution is -2.51. The third-order valence-corrected chi connectivity index (χ3v) is 4.58. The minimum absolute atomic E-state index is 0.0471. The smallest absolute Gasteiger partial charge is 0.257 e. The zero-order valence-electron chi connectivity index (χ0n) is 11.8. The van der Waals surface area contributed by atoms with Gasteiger partial charge in [0.25, 0.3) is 5.91 Å². The summed E-state index contributed by atoms with van der Waals surface area (Å²) >= 11 is 0. The average Bonchev–Trinajstić information content (AvgIpc) is 3.01. The zero-order chi connectivity index (χ0) is 13.9. The van der Waals surface area contributed by atoms with Crippen molar-refractivity contribution in [1.29, 1.82) is 0 Å². The summed E-state index contributed by atoms with van der Waals surface area (Å²) in [6, 6.07) is 7.53. The summed E-state index contributed by atoms with van der Waals surface area (Å²) in [5.41, 5.74) is 0.418. The summed E-state index contributed by atoms with van der Waals surface area (Å²) in [6.07, 6.45) is 5.32. The topological polar surface area (TPSA) is 43.8 Å². The second-order valence-electron chi connectivity index (χ2n) is 5.78. The Labute approximate surface area is 120 Å². The van der Waals surface area contributed by atoms with Crippen LogP contribution < -0.4 is 0 Å². The van der Waals surface area contributed by atoms with Crippen molar-refractivity contribution in [3.8, 4) is 5.75 Å². The summed E-state index contributed by atoms with van der Waals surface area (Å²) < 4.78 is 0. The van der Waals surface area contributed by atoms with Crippen LogP contribution >= 0.6 is 0 Å². The lowest BCUT2D eigenvalue weighted by atomic mass is 10.1. The number of carbonyl (C=O) groups excluding carboxylic acids is 1. The predicted molar refractivity (Wildman–Crippen MR) is 77.8 cm³/mol. The summed E-state index contributed by atoms with van der Waals surface area (Å²) in [7, 11) is 0. The van der Waals surface area contributed by atoms with Gasteiger partial charge in [0, 0.05) is 32.2 Å². The molecule has 0 radical (unpaired) electrons. The van der Waals surface area contributed by atoms with E-state index in [9.17, 15) is 9.90 Å². The van der Waals surface area contributed by atoms with Gasteiger partial charge in [-0.1, -0.05) is 25.0 Å². The number of amides is 1. The number of nitrogens with zero attached hydrogens (tertiary/aromatic N) is 2. The fourth-order valence-corrected chi connectivity index (χ4v) is 3.38. The molecule has 4 nitrogen and oxygen atoms in total. The highest BCUT2D eigenvalue weighted by molar-refractivity contribution is 5.96. The molecule has 20 heavy (non-hydrogen) atoms. The number of rotatable bonds is 2. The molecule has 1 heterocycles. The number of phenols is 1. The SMILES string of the molecule is O=C(c1ccccc1O)N1CCN(C2CCCC2)CC1. The Hall–Kier alpha value is -1.55. The van der Waals surface area contributed by atoms with E-state index in [0.29, 0.717) is 5.56 Å². The lowest BCUT2D eigenvalue weighted by Gasteiger charge is -2.38. The van der Waals surface area contributed by atoms with Crippen molar-refractivity contribution in [1.82, 2.24) is 9.80 Å². The molecule has 108 valence electrons. The third kappa shape index (κ3) is 2.66. The number of benzene rings is 1. The van der Waals surface area contributed by atoms with Gasteiger partial charge in [-0.05, 0) is 25.0 Å². The second kappa shape index (κ2) is 5.83. The Balaban J connectivity index is 1.60. The Kier molecular flexibility index (Phi) is 3.92. The van der Waals surface area contributed by atoms with E-state index in [0.717, 1.165) is 32.2 Å². The quantitative estimate of drug-likeness (QED) is 0.898. The van der Waals surface area contributed by atoms with Gasteiger partial charge in [0.05, 0.1) is 5.56 Å². The van der Waals surface area contributed by atoms with Gasteiger partial charge in [-0.3, -0.25) is 9.69 Å². The summed E-state index contributed by atoms with van der Waals surface area (Å²) in [5, 5.41) is 9.78. The summed E-state index contributed by atoms with van der Waals surface area (Å²) in [5.74, 6) is 0.0323. The summed E-state index contributed by atoms with van der Waals surface area (Å²) in [4.78, 5) is 16.8. The highest BCUT2D eigenvalue weighted by atomic mass is 16.3. The molecular weight excluding hydrogens is 252 g/mol. The van der Waals surface area contributed by atoms with Crippen LogP contribution in [0.2, 0.25) is 0 Å². The molecule has 0 unspecified atom stereocenters. The predicted octanol–water partition coefficient (Wildman–Crippen LogP) is 2.09. The van der Waals surface area contributed by atoms with Gasteiger partial charge in [-0.2, -0.15) is 0 Å². The van der Waals surface area contributed by atoms with E-state index in [1.54, 1.807) is 24.3 Å². The van der Waals surface area contributed by atoms with E-state index in [4.69, 9.17) is 0 Å². The number of aromatic hydroxyl groups is 1. The van der Waals surface area contributed by atoms with Crippen LogP contribution in [0, 0.1) is 0 Å². The Morgan fingerprint density at radius 3 is 2.35 bits per heavy atom. The van der Waals surface area contributed by atoms with Gasteiger partial charge in [-0.25, -0.2) is 0 Å². The molecule has 2 aliphatic rings. The minimum Gasteiger partial charge on any atom is -0.507 e. The molecule has 3 rings (SSSR count). The van der Waals surface area contributed by atoms with Crippen molar-refractivity contribution in [2.45, 2.75) is 31.7 Å². The first-order valence-electron chi connectivity index (χ1n) is 7.57. The van der Waals surface area contributed by atoms with Crippen LogP contribution in [-0.2, 0) is 0 Å². The lowest BCUT2D eigenvalue weighted by molar-refractivity contribution is 0.0570. The molecule has 1 saturated carbocycles. The van der Waals surface area contributed by atoms with Crippen molar-refractivity contribution in [3.05, 3.63) is 29.8 Å². The van der Waals surface area contributed by atoms with E-state index < -0.39 is 0 Å². The average molecular weight is 274 g/mol. The van der Waals surface area contributed by atoms with E-state index in [1.807, 2.05) is 4.90 Å². The molecule has 1 aromatic carbocycles. The first-order valence-corrected chi connectivity index (χ1v) is 7.57. The molecule has 0 aromatic heterocycles. The number of hydrogen-bond donors (Lipinski definition) is 1. The number of phenolic OH excluding ortho intramolecular Hbond substituents is 1. The maximum Gasteiger partial charge on any atom is 0.257 e. The van der Waals surface area contributed by atoms with Crippen LogP contribution in [0.25, 0.3) is 0 Å². The van der Waals surface area contributed by atoms with Crippen molar-refractivity contribution >= 4 is 5.91 Å². The van der Waals surface area contributed by atoms with Gasteiger partial charge in [0.2, 0.25) is 0 Å². The van der Waals surface area contributed by atoms with Crippen LogP contribution in [0.5, 0.6) is 5.75 Å². The Morgan fingerprint density at radius 2 is 1.70 bits per heavy atom. The van der Waals surface area contributed by atoms with Gasteiger partial charge in [0.15, 0.2) is 0 Å². The van der Waals surface area contributed by atoms with Crippen molar-refractivity contribution in [2.24, 2.45) is 0 Å². The first kappa shape index (κ1) is 13.4. The molecule has 0 bridgehead atoms. The number of para-hydroxylation sites is 1. The van der Waals surface area contributed by atoms with Crippen molar-refractivity contribution < 1.29 is 9.90 Å². The molecular formula is C16H22N2O2. The molecule has 2 fully saturated rings. The second-order valence-corrected chi connectivity index (χ2v) is 5.78. The minimum atomic E-state index is -0.0471. The Morgan fingerprint density at radius 1 is 1.05 bits per heavy atom. The number of piperazine rings is 1. The van der Waals surface area contributed by atoms with Crippen LogP contribution in [-0.4, -0.2) is 53.0 Å². The maximum atomic E-state index is 12.4. The largest absolute Gasteiger partial charge is 0.507 e. The van der Waals surface area contributed by atoms with E-state index in [-0.39, 0.29) is 11.7 Å². The van der Waals surface area contributed by atoms with Crippen LogP contribution in [0.4, 0.5) is 0 Å². The van der Waals surface area contributed by atoms with Crippen LogP contribution in [0.15, 0.2) is 24.3 Å². The molecule has 0 spiro atoms. The van der Waals surface area contributed by atoms with Crippen molar-refractivity contribution in [2.75, 3.05) is 26.2 Å². The fraction of sp³-hybridized carbons (Fsp3) is 0.562.